The molecule has 0 amide bonds. The molecule has 132 valence electrons. The highest BCUT2D eigenvalue weighted by Crippen LogP contribution is 2.33. The summed E-state index contributed by atoms with van der Waals surface area (Å²) in [5, 5.41) is 8.89. The molecule has 0 unspecified atom stereocenters. The first-order valence-corrected chi connectivity index (χ1v) is 8.39. The minimum absolute atomic E-state index is 0.304. The van der Waals surface area contributed by atoms with Gasteiger partial charge in [-0.3, -0.25) is 4.90 Å². The summed E-state index contributed by atoms with van der Waals surface area (Å²) in [6, 6.07) is 15.8. The van der Waals surface area contributed by atoms with Gasteiger partial charge in [-0.2, -0.15) is 5.26 Å². The van der Waals surface area contributed by atoms with E-state index in [1.54, 1.807) is 48.4 Å². The molecule has 1 aliphatic rings. The molecule has 3 nitrogen and oxygen atoms in total. The molecule has 0 saturated carbocycles. The van der Waals surface area contributed by atoms with Crippen molar-refractivity contribution >= 4 is 11.3 Å². The van der Waals surface area contributed by atoms with Crippen LogP contribution < -0.4 is 0 Å². The largest absolute Gasteiger partial charge is 0.446 e. The van der Waals surface area contributed by atoms with Crippen molar-refractivity contribution in [3.8, 4) is 6.07 Å². The number of allylic oxidation sites excluding steroid dienone is 1. The minimum atomic E-state index is -0.304. The summed E-state index contributed by atoms with van der Waals surface area (Å²) < 4.78 is 19.6. The Balaban J connectivity index is 0.00000117. The Morgan fingerprint density at radius 2 is 1.77 bits per heavy atom. The summed E-state index contributed by atoms with van der Waals surface area (Å²) >= 11 is 0. The number of rotatable bonds is 3. The Hall–Kier alpha value is -3.32. The third-order valence-corrected chi connectivity index (χ3v) is 3.85. The van der Waals surface area contributed by atoms with Gasteiger partial charge in [-0.05, 0) is 30.7 Å². The van der Waals surface area contributed by atoms with Crippen molar-refractivity contribution in [3.05, 3.63) is 96.0 Å². The molecule has 0 spiro atoms. The first-order valence-electron chi connectivity index (χ1n) is 8.39. The average Bonchev–Trinajstić information content (AvgIpc) is 3.19. The zero-order chi connectivity index (χ0) is 19.1. The van der Waals surface area contributed by atoms with E-state index >= 15 is 0 Å². The molecule has 3 rings (SSSR count). The van der Waals surface area contributed by atoms with Gasteiger partial charge in [0.2, 0.25) is 5.88 Å². The van der Waals surface area contributed by atoms with E-state index in [9.17, 15) is 4.39 Å². The SMILES string of the molecule is C=C(c1ccc(C#N)cc1)N1C=CO/C1=C(/C)c1ccccc1F.CC. The maximum atomic E-state index is 14.0. The van der Waals surface area contributed by atoms with Crippen molar-refractivity contribution in [2.75, 3.05) is 0 Å². The van der Waals surface area contributed by atoms with Gasteiger partial charge in [0, 0.05) is 23.0 Å². The third kappa shape index (κ3) is 3.84. The topological polar surface area (TPSA) is 36.3 Å². The van der Waals surface area contributed by atoms with Gasteiger partial charge in [0.1, 0.15) is 12.1 Å². The molecule has 2 aromatic rings. The van der Waals surface area contributed by atoms with Crippen molar-refractivity contribution in [1.82, 2.24) is 4.90 Å². The predicted molar refractivity (Wildman–Crippen MR) is 103 cm³/mol. The summed E-state index contributed by atoms with van der Waals surface area (Å²) in [5.41, 5.74) is 3.27. The van der Waals surface area contributed by atoms with Crippen LogP contribution in [-0.2, 0) is 4.74 Å². The summed E-state index contributed by atoms with van der Waals surface area (Å²) in [4.78, 5) is 1.77. The number of hydrogen-bond donors (Lipinski definition) is 0. The van der Waals surface area contributed by atoms with Gasteiger partial charge >= 0.3 is 0 Å². The summed E-state index contributed by atoms with van der Waals surface area (Å²) in [6.07, 6.45) is 3.27. The molecule has 26 heavy (non-hydrogen) atoms. The Morgan fingerprint density at radius 3 is 2.38 bits per heavy atom. The lowest BCUT2D eigenvalue weighted by Crippen LogP contribution is -2.13. The van der Waals surface area contributed by atoms with Crippen LogP contribution in [0.2, 0.25) is 0 Å². The van der Waals surface area contributed by atoms with Gasteiger partial charge in [-0.25, -0.2) is 4.39 Å². The molecule has 0 aromatic heterocycles. The van der Waals surface area contributed by atoms with Crippen LogP contribution in [0.4, 0.5) is 4.39 Å². The molecule has 2 aromatic carbocycles. The Labute approximate surface area is 154 Å². The maximum absolute atomic E-state index is 14.0. The van der Waals surface area contributed by atoms with Crippen LogP contribution in [0.5, 0.6) is 0 Å². The Kier molecular flexibility index (Phi) is 6.35. The molecule has 1 heterocycles. The summed E-state index contributed by atoms with van der Waals surface area (Å²) in [5.74, 6) is 0.205. The highest BCUT2D eigenvalue weighted by atomic mass is 19.1. The van der Waals surface area contributed by atoms with Crippen LogP contribution in [0.3, 0.4) is 0 Å². The molecule has 0 fully saturated rings. The fourth-order valence-corrected chi connectivity index (χ4v) is 2.52. The molecular formula is C22H21FN2O. The van der Waals surface area contributed by atoms with E-state index in [0.29, 0.717) is 28.3 Å². The highest BCUT2D eigenvalue weighted by Gasteiger charge is 2.22. The number of nitriles is 1. The van der Waals surface area contributed by atoms with E-state index in [1.165, 1.54) is 12.3 Å². The third-order valence-electron chi connectivity index (χ3n) is 3.85. The van der Waals surface area contributed by atoms with E-state index < -0.39 is 0 Å². The first kappa shape index (κ1) is 19.0. The van der Waals surface area contributed by atoms with E-state index in [-0.39, 0.29) is 5.82 Å². The summed E-state index contributed by atoms with van der Waals surface area (Å²) in [7, 11) is 0. The lowest BCUT2D eigenvalue weighted by Gasteiger charge is -2.21. The van der Waals surface area contributed by atoms with Crippen molar-refractivity contribution in [3.63, 3.8) is 0 Å². The smallest absolute Gasteiger partial charge is 0.207 e. The average molecular weight is 348 g/mol. The number of halogens is 1. The minimum Gasteiger partial charge on any atom is -0.446 e. The standard InChI is InChI=1S/C20H15FN2O.C2H6/c1-14(18-5-3-4-6-19(18)21)20-23(11-12-24-20)15(2)17-9-7-16(13-22)8-10-17;1-2/h3-12H,2H2,1H3;1-2H3/b20-14-;. The second-order valence-electron chi connectivity index (χ2n) is 5.32. The number of ether oxygens (including phenoxy) is 1. The number of hydrogen-bond acceptors (Lipinski definition) is 3. The maximum Gasteiger partial charge on any atom is 0.207 e. The van der Waals surface area contributed by atoms with Crippen LogP contribution in [0.25, 0.3) is 11.3 Å². The molecule has 1 aliphatic heterocycles. The van der Waals surface area contributed by atoms with Gasteiger partial charge in [0.05, 0.1) is 11.6 Å². The monoisotopic (exact) mass is 348 g/mol. The zero-order valence-corrected chi connectivity index (χ0v) is 15.2. The highest BCUT2D eigenvalue weighted by molar-refractivity contribution is 5.72. The Bertz CT molecular complexity index is 889. The molecule has 0 atom stereocenters. The normalized spacial score (nSPS) is 14.0. The predicted octanol–water partition coefficient (Wildman–Crippen LogP) is 5.89. The van der Waals surface area contributed by atoms with Crippen molar-refractivity contribution in [1.29, 1.82) is 5.26 Å². The second kappa shape index (κ2) is 8.68. The molecule has 0 aliphatic carbocycles. The molecule has 0 N–H and O–H groups in total. The van der Waals surface area contributed by atoms with Crippen LogP contribution in [0.1, 0.15) is 37.5 Å². The van der Waals surface area contributed by atoms with E-state index in [2.05, 4.69) is 12.6 Å². The fraction of sp³-hybridized carbons (Fsp3) is 0.136. The number of benzene rings is 2. The molecule has 0 radical (unpaired) electrons. The second-order valence-corrected chi connectivity index (χ2v) is 5.32. The quantitative estimate of drug-likeness (QED) is 0.694. The van der Waals surface area contributed by atoms with Gasteiger partial charge in [0.25, 0.3) is 0 Å². The van der Waals surface area contributed by atoms with Gasteiger partial charge in [-0.15, -0.1) is 0 Å². The lowest BCUT2D eigenvalue weighted by atomic mass is 10.1. The zero-order valence-electron chi connectivity index (χ0n) is 15.2. The molecular weight excluding hydrogens is 327 g/mol. The summed E-state index contributed by atoms with van der Waals surface area (Å²) in [6.45, 7) is 9.90. The molecule has 0 saturated heterocycles. The van der Waals surface area contributed by atoms with Crippen LogP contribution in [-0.4, -0.2) is 4.90 Å². The van der Waals surface area contributed by atoms with Crippen molar-refractivity contribution in [2.24, 2.45) is 0 Å². The first-order chi connectivity index (χ1) is 12.6. The van der Waals surface area contributed by atoms with Crippen LogP contribution >= 0.6 is 0 Å². The van der Waals surface area contributed by atoms with Crippen LogP contribution in [0, 0.1) is 17.1 Å². The van der Waals surface area contributed by atoms with Gasteiger partial charge in [0.15, 0.2) is 0 Å². The van der Waals surface area contributed by atoms with E-state index in [1.807, 2.05) is 26.0 Å². The van der Waals surface area contributed by atoms with Gasteiger partial charge < -0.3 is 4.74 Å². The van der Waals surface area contributed by atoms with E-state index in [0.717, 1.165) is 5.56 Å². The molecule has 4 heteroatoms. The Morgan fingerprint density at radius 1 is 1.12 bits per heavy atom. The van der Waals surface area contributed by atoms with Gasteiger partial charge in [-0.1, -0.05) is 50.8 Å². The van der Waals surface area contributed by atoms with Crippen molar-refractivity contribution < 1.29 is 9.13 Å². The fourth-order valence-electron chi connectivity index (χ4n) is 2.52. The number of nitrogens with zero attached hydrogens (tertiary/aromatic N) is 2. The van der Waals surface area contributed by atoms with Crippen LogP contribution in [0.15, 0.2) is 73.5 Å². The lowest BCUT2D eigenvalue weighted by molar-refractivity contribution is 0.314. The molecule has 0 bridgehead atoms. The van der Waals surface area contributed by atoms with Crippen molar-refractivity contribution in [2.45, 2.75) is 20.8 Å². The van der Waals surface area contributed by atoms with E-state index in [4.69, 9.17) is 10.00 Å².